The van der Waals surface area contributed by atoms with E-state index in [9.17, 15) is 31.2 Å². The number of hydrogen-bond donors (Lipinski definition) is 2. The van der Waals surface area contributed by atoms with E-state index < -0.39 is 38.2 Å². The van der Waals surface area contributed by atoms with Gasteiger partial charge in [0.2, 0.25) is 0 Å². The van der Waals surface area contributed by atoms with Crippen LogP contribution in [-0.2, 0) is 45.3 Å². The Morgan fingerprint density at radius 3 is 2.47 bits per heavy atom. The number of benzene rings is 1. The van der Waals surface area contributed by atoms with E-state index in [4.69, 9.17) is 0 Å². The number of carbonyl (C=O) groups excluding carboxylic acids is 2. The molecule has 0 radical (unpaired) electrons. The summed E-state index contributed by atoms with van der Waals surface area (Å²) >= 11 is 0. The van der Waals surface area contributed by atoms with Crippen molar-refractivity contribution in [2.75, 3.05) is 11.9 Å². The smallest absolute Gasteiger partial charge is 0.312 e. The molecule has 1 saturated heterocycles. The fourth-order valence-electron chi connectivity index (χ4n) is 4.87. The Kier molecular flexibility index (Phi) is 6.40. The molecule has 1 aromatic rings. The molecule has 0 spiro atoms. The summed E-state index contributed by atoms with van der Waals surface area (Å²) in [6, 6.07) is 0.235. The summed E-state index contributed by atoms with van der Waals surface area (Å²) in [5.41, 5.74) is 3.81. The number of urea groups is 1. The average Bonchev–Trinajstić information content (AvgIpc) is 3.49. The molecule has 0 unspecified atom stereocenters. The number of hydroxylamine groups is 1. The first-order valence-corrected chi connectivity index (χ1v) is 12.7. The minimum absolute atomic E-state index is 0.329. The number of hydrogen-bond acceptors (Lipinski definition) is 6. The standard InChI is InChI=1S/C22H26F3N3O5S/c1-21(9-4-11-26-21)10-12-34(31,32)28(33-19(29)22(23,24)25)20(30)27-18-13-14-5-2-6-15(14)16-7-3-8-17(16)18/h10,12-13,26H,2-9,11H2,1H3,(H,27,30)/b12-10+/t21-/m0/s1. The van der Waals surface area contributed by atoms with Crippen LogP contribution in [0.25, 0.3) is 0 Å². The molecule has 34 heavy (non-hydrogen) atoms. The zero-order valence-electron chi connectivity index (χ0n) is 18.6. The zero-order chi connectivity index (χ0) is 24.7. The second kappa shape index (κ2) is 8.88. The Balaban J connectivity index is 1.64. The number of fused-ring (bicyclic) bond motifs is 3. The quantitative estimate of drug-likeness (QED) is 0.612. The van der Waals surface area contributed by atoms with Crippen LogP contribution >= 0.6 is 0 Å². The maximum atomic E-state index is 12.9. The lowest BCUT2D eigenvalue weighted by Crippen LogP contribution is -2.44. The molecule has 0 aromatic heterocycles. The van der Waals surface area contributed by atoms with Crippen molar-refractivity contribution in [2.45, 2.75) is 70.0 Å². The zero-order valence-corrected chi connectivity index (χ0v) is 19.4. The van der Waals surface area contributed by atoms with Crippen molar-refractivity contribution < 1.29 is 36.0 Å². The number of halogens is 3. The van der Waals surface area contributed by atoms with Crippen molar-refractivity contribution in [3.05, 3.63) is 39.8 Å². The molecule has 3 aliphatic rings. The SMILES string of the molecule is C[C@@]1(/C=C/S(=O)(=O)N(OC(=O)C(F)(F)F)C(=O)Nc2cc3c(c4c2CCC4)CCC3)CCCN1. The van der Waals surface area contributed by atoms with E-state index in [0.29, 0.717) is 30.5 Å². The van der Waals surface area contributed by atoms with E-state index in [1.54, 1.807) is 13.0 Å². The van der Waals surface area contributed by atoms with Gasteiger partial charge in [0, 0.05) is 11.2 Å². The van der Waals surface area contributed by atoms with E-state index in [1.807, 2.05) is 0 Å². The van der Waals surface area contributed by atoms with Crippen molar-refractivity contribution in [3.8, 4) is 0 Å². The number of alkyl halides is 3. The summed E-state index contributed by atoms with van der Waals surface area (Å²) in [6.07, 6.45) is 2.12. The van der Waals surface area contributed by atoms with Gasteiger partial charge in [-0.25, -0.2) is 9.59 Å². The highest BCUT2D eigenvalue weighted by atomic mass is 32.2. The van der Waals surface area contributed by atoms with Gasteiger partial charge in [0.15, 0.2) is 0 Å². The highest BCUT2D eigenvalue weighted by Crippen LogP contribution is 2.38. The Bertz CT molecular complexity index is 1140. The summed E-state index contributed by atoms with van der Waals surface area (Å²) in [5.74, 6) is -2.82. The molecule has 12 heteroatoms. The maximum Gasteiger partial charge on any atom is 0.493 e. The molecule has 4 rings (SSSR count). The lowest BCUT2D eigenvalue weighted by Gasteiger charge is -2.23. The number of anilines is 1. The van der Waals surface area contributed by atoms with Crippen LogP contribution in [0.3, 0.4) is 0 Å². The van der Waals surface area contributed by atoms with Crippen LogP contribution in [0.2, 0.25) is 0 Å². The van der Waals surface area contributed by atoms with Crippen LogP contribution < -0.4 is 10.6 Å². The van der Waals surface area contributed by atoms with Crippen LogP contribution in [0.5, 0.6) is 0 Å². The van der Waals surface area contributed by atoms with Gasteiger partial charge >= 0.3 is 18.2 Å². The van der Waals surface area contributed by atoms with Crippen molar-refractivity contribution in [3.63, 3.8) is 0 Å². The molecular formula is C22H26F3N3O5S. The molecule has 0 bridgehead atoms. The van der Waals surface area contributed by atoms with Crippen LogP contribution in [0.1, 0.15) is 54.9 Å². The van der Waals surface area contributed by atoms with E-state index in [-0.39, 0.29) is 0 Å². The third-order valence-electron chi connectivity index (χ3n) is 6.53. The molecule has 1 heterocycles. The van der Waals surface area contributed by atoms with Gasteiger partial charge in [-0.15, -0.1) is 0 Å². The Hall–Kier alpha value is -2.60. The summed E-state index contributed by atoms with van der Waals surface area (Å²) < 4.78 is 63.7. The van der Waals surface area contributed by atoms with E-state index >= 15 is 0 Å². The number of rotatable bonds is 4. The van der Waals surface area contributed by atoms with Crippen molar-refractivity contribution in [2.24, 2.45) is 0 Å². The summed E-state index contributed by atoms with van der Waals surface area (Å²) in [4.78, 5) is 28.5. The van der Waals surface area contributed by atoms with Crippen LogP contribution in [-0.4, -0.2) is 43.1 Å². The number of nitrogens with zero attached hydrogens (tertiary/aromatic N) is 1. The summed E-state index contributed by atoms with van der Waals surface area (Å²) in [5, 5.41) is 6.04. The topological polar surface area (TPSA) is 105 Å². The summed E-state index contributed by atoms with van der Waals surface area (Å²) in [6.45, 7) is 2.35. The Morgan fingerprint density at radius 2 is 1.79 bits per heavy atom. The molecule has 186 valence electrons. The first-order valence-electron chi connectivity index (χ1n) is 11.2. The van der Waals surface area contributed by atoms with Crippen LogP contribution in [0, 0.1) is 0 Å². The predicted molar refractivity (Wildman–Crippen MR) is 117 cm³/mol. The third-order valence-corrected chi connectivity index (χ3v) is 7.71. The number of sulfonamides is 1. The second-order valence-corrected chi connectivity index (χ2v) is 10.7. The molecule has 2 aliphatic carbocycles. The van der Waals surface area contributed by atoms with Gasteiger partial charge < -0.3 is 15.5 Å². The molecule has 1 atom stereocenters. The predicted octanol–water partition coefficient (Wildman–Crippen LogP) is 3.50. The molecular weight excluding hydrogens is 475 g/mol. The molecule has 1 aliphatic heterocycles. The first-order chi connectivity index (χ1) is 15.9. The van der Waals surface area contributed by atoms with Gasteiger partial charge in [-0.1, -0.05) is 6.08 Å². The number of amides is 2. The number of nitrogens with one attached hydrogen (secondary N) is 2. The normalized spacial score (nSPS) is 22.0. The monoisotopic (exact) mass is 501 g/mol. The van der Waals surface area contributed by atoms with Crippen molar-refractivity contribution >= 4 is 27.7 Å². The molecule has 0 saturated carbocycles. The number of aryl methyl sites for hydroxylation is 1. The van der Waals surface area contributed by atoms with Crippen molar-refractivity contribution in [1.29, 1.82) is 0 Å². The van der Waals surface area contributed by atoms with Gasteiger partial charge in [0.1, 0.15) is 0 Å². The highest BCUT2D eigenvalue weighted by Gasteiger charge is 2.46. The van der Waals surface area contributed by atoms with E-state index in [0.717, 1.165) is 55.2 Å². The molecule has 1 fully saturated rings. The van der Waals surface area contributed by atoms with Gasteiger partial charge in [0.25, 0.3) is 10.0 Å². The molecule has 2 N–H and O–H groups in total. The average molecular weight is 502 g/mol. The lowest BCUT2D eigenvalue weighted by atomic mass is 9.98. The number of carbonyl (C=O) groups is 2. The minimum Gasteiger partial charge on any atom is -0.312 e. The van der Waals surface area contributed by atoms with Gasteiger partial charge in [-0.05, 0) is 97.6 Å². The first kappa shape index (κ1) is 24.5. The Morgan fingerprint density at radius 1 is 1.12 bits per heavy atom. The van der Waals surface area contributed by atoms with E-state index in [1.165, 1.54) is 11.6 Å². The maximum absolute atomic E-state index is 12.9. The largest absolute Gasteiger partial charge is 0.493 e. The van der Waals surface area contributed by atoms with E-state index in [2.05, 4.69) is 15.5 Å². The minimum atomic E-state index is -5.49. The second-order valence-electron chi connectivity index (χ2n) is 9.06. The van der Waals surface area contributed by atoms with Crippen molar-refractivity contribution in [1.82, 2.24) is 9.79 Å². The van der Waals surface area contributed by atoms with Crippen LogP contribution in [0.15, 0.2) is 17.6 Å². The highest BCUT2D eigenvalue weighted by molar-refractivity contribution is 7.92. The van der Waals surface area contributed by atoms with Crippen LogP contribution in [0.4, 0.5) is 23.7 Å². The lowest BCUT2D eigenvalue weighted by molar-refractivity contribution is -0.216. The van der Waals surface area contributed by atoms with Gasteiger partial charge in [-0.3, -0.25) is 0 Å². The third kappa shape index (κ3) is 4.92. The molecule has 1 aromatic carbocycles. The summed E-state index contributed by atoms with van der Waals surface area (Å²) in [7, 11) is -4.89. The van der Waals surface area contributed by atoms with Gasteiger partial charge in [-0.2, -0.15) is 21.6 Å². The Labute approximate surface area is 195 Å². The molecule has 2 amide bonds. The van der Waals surface area contributed by atoms with Gasteiger partial charge in [0.05, 0.1) is 5.41 Å². The fraction of sp³-hybridized carbons (Fsp3) is 0.545. The fourth-order valence-corrected chi connectivity index (χ4v) is 5.90. The molecule has 8 nitrogen and oxygen atoms in total.